The van der Waals surface area contributed by atoms with Crippen molar-refractivity contribution in [2.24, 2.45) is 20.0 Å². The van der Waals surface area contributed by atoms with Crippen molar-refractivity contribution in [1.29, 1.82) is 0 Å². The van der Waals surface area contributed by atoms with E-state index in [1.807, 2.05) is 76.2 Å². The Balaban J connectivity index is 2.48. The topological polar surface area (TPSA) is 49.4 Å². The molecular formula is C20H20N4. The number of hydrogen-bond acceptors (Lipinski definition) is 4. The van der Waals surface area contributed by atoms with Gasteiger partial charge in [0.15, 0.2) is 0 Å². The summed E-state index contributed by atoms with van der Waals surface area (Å²) in [6.07, 6.45) is 0. The largest absolute Gasteiger partial charge is 0.250 e. The van der Waals surface area contributed by atoms with Crippen molar-refractivity contribution in [2.45, 2.75) is 27.7 Å². The fourth-order valence-electron chi connectivity index (χ4n) is 2.35. The van der Waals surface area contributed by atoms with Crippen LogP contribution >= 0.6 is 0 Å². The summed E-state index contributed by atoms with van der Waals surface area (Å²) in [6, 6.07) is 15.7. The van der Waals surface area contributed by atoms with Gasteiger partial charge in [0.1, 0.15) is 0 Å². The Bertz CT molecular complexity index is 913. The second-order valence-electron chi connectivity index (χ2n) is 5.77. The molecule has 120 valence electrons. The quantitative estimate of drug-likeness (QED) is 0.716. The van der Waals surface area contributed by atoms with E-state index < -0.39 is 0 Å². The van der Waals surface area contributed by atoms with E-state index in [1.54, 1.807) is 0 Å². The number of benzene rings is 2. The van der Waals surface area contributed by atoms with Crippen LogP contribution in [0.25, 0.3) is 0 Å². The number of nitrogens with zero attached hydrogens (tertiary/aromatic N) is 4. The van der Waals surface area contributed by atoms with Gasteiger partial charge in [-0.1, -0.05) is 24.3 Å². The van der Waals surface area contributed by atoms with E-state index in [2.05, 4.69) is 0 Å². The molecule has 0 N–H and O–H groups in total. The Hall–Kier alpha value is -2.88. The maximum atomic E-state index is 4.73. The molecule has 24 heavy (non-hydrogen) atoms. The van der Waals surface area contributed by atoms with Crippen LogP contribution in [-0.2, 0) is 0 Å². The lowest BCUT2D eigenvalue weighted by molar-refractivity contribution is 1.01. The van der Waals surface area contributed by atoms with Gasteiger partial charge < -0.3 is 0 Å². The molecule has 4 heteroatoms. The Kier molecular flexibility index (Phi) is 4.47. The first-order valence-electron chi connectivity index (χ1n) is 7.94. The van der Waals surface area contributed by atoms with Gasteiger partial charge >= 0.3 is 0 Å². The highest BCUT2D eigenvalue weighted by Crippen LogP contribution is 2.06. The summed E-state index contributed by atoms with van der Waals surface area (Å²) in [5.74, 6) is 0. The van der Waals surface area contributed by atoms with Crippen LogP contribution in [0.4, 0.5) is 0 Å². The van der Waals surface area contributed by atoms with E-state index in [0.717, 1.165) is 44.2 Å². The molecule has 3 rings (SSSR count). The SMILES string of the molecule is C/C1=C(\C)N=c2ccccc2=N/C(C)=C(\C)N=c2ccccc2=N1. The minimum Gasteiger partial charge on any atom is -0.250 e. The van der Waals surface area contributed by atoms with Crippen LogP contribution < -0.4 is 21.4 Å². The fourth-order valence-corrected chi connectivity index (χ4v) is 2.35. The van der Waals surface area contributed by atoms with Crippen LogP contribution in [0, 0.1) is 0 Å². The minimum atomic E-state index is 0.838. The van der Waals surface area contributed by atoms with Crippen molar-refractivity contribution in [3.05, 3.63) is 92.7 Å². The summed E-state index contributed by atoms with van der Waals surface area (Å²) in [5, 5.41) is 3.35. The average molecular weight is 316 g/mol. The molecule has 0 fully saturated rings. The van der Waals surface area contributed by atoms with Gasteiger partial charge in [-0.2, -0.15) is 0 Å². The summed E-state index contributed by atoms with van der Waals surface area (Å²) in [6.45, 7) is 7.87. The van der Waals surface area contributed by atoms with Gasteiger partial charge in [0, 0.05) is 0 Å². The maximum Gasteiger partial charge on any atom is 0.0890 e. The average Bonchev–Trinajstić information content (AvgIpc) is 2.57. The highest BCUT2D eigenvalue weighted by molar-refractivity contribution is 5.16. The van der Waals surface area contributed by atoms with Crippen molar-refractivity contribution < 1.29 is 0 Å². The molecule has 1 aliphatic heterocycles. The van der Waals surface area contributed by atoms with E-state index in [1.165, 1.54) is 0 Å². The highest BCUT2D eigenvalue weighted by atomic mass is 14.9. The molecule has 0 atom stereocenters. The summed E-state index contributed by atoms with van der Waals surface area (Å²) >= 11 is 0. The molecule has 0 aliphatic carbocycles. The van der Waals surface area contributed by atoms with Crippen LogP contribution in [0.5, 0.6) is 0 Å². The van der Waals surface area contributed by atoms with Crippen molar-refractivity contribution >= 4 is 0 Å². The van der Waals surface area contributed by atoms with Gasteiger partial charge in [-0.3, -0.25) is 0 Å². The molecule has 0 unspecified atom stereocenters. The predicted octanol–water partition coefficient (Wildman–Crippen LogP) is 2.38. The zero-order valence-corrected chi connectivity index (χ0v) is 14.4. The van der Waals surface area contributed by atoms with Crippen molar-refractivity contribution in [2.75, 3.05) is 0 Å². The number of allylic oxidation sites excluding steroid dienone is 4. The molecule has 2 aromatic carbocycles. The highest BCUT2D eigenvalue weighted by Gasteiger charge is 1.99. The molecule has 0 saturated heterocycles. The normalized spacial score (nSPS) is 20.8. The molecule has 1 heterocycles. The van der Waals surface area contributed by atoms with Gasteiger partial charge in [0.25, 0.3) is 0 Å². The molecule has 2 aromatic rings. The van der Waals surface area contributed by atoms with Crippen molar-refractivity contribution in [1.82, 2.24) is 0 Å². The number of hydrogen-bond donors (Lipinski definition) is 0. The molecule has 1 aliphatic rings. The first kappa shape index (κ1) is 16.0. The molecule has 0 spiro atoms. The van der Waals surface area contributed by atoms with Gasteiger partial charge in [0.2, 0.25) is 0 Å². The van der Waals surface area contributed by atoms with Crippen LogP contribution in [0.15, 0.2) is 91.3 Å². The summed E-state index contributed by atoms with van der Waals surface area (Å²) in [7, 11) is 0. The molecule has 0 amide bonds. The third-order valence-electron chi connectivity index (χ3n) is 3.96. The molecule has 0 saturated carbocycles. The molecule has 0 radical (unpaired) electrons. The third kappa shape index (κ3) is 3.38. The molecular weight excluding hydrogens is 296 g/mol. The third-order valence-corrected chi connectivity index (χ3v) is 3.96. The van der Waals surface area contributed by atoms with Gasteiger partial charge in [-0.15, -0.1) is 0 Å². The zero-order valence-electron chi connectivity index (χ0n) is 14.4. The second kappa shape index (κ2) is 6.71. The molecule has 0 aromatic heterocycles. The molecule has 0 bridgehead atoms. The lowest BCUT2D eigenvalue weighted by atomic mass is 10.3. The molecule has 4 nitrogen and oxygen atoms in total. The smallest absolute Gasteiger partial charge is 0.0890 e. The number of rotatable bonds is 0. The Morgan fingerprint density at radius 3 is 0.833 bits per heavy atom. The predicted molar refractivity (Wildman–Crippen MR) is 94.3 cm³/mol. The van der Waals surface area contributed by atoms with Gasteiger partial charge in [-0.25, -0.2) is 20.0 Å². The van der Waals surface area contributed by atoms with Gasteiger partial charge in [0.05, 0.1) is 44.2 Å². The summed E-state index contributed by atoms with van der Waals surface area (Å²) < 4.78 is 0. The number of para-hydroxylation sites is 4. The van der Waals surface area contributed by atoms with Crippen molar-refractivity contribution in [3.8, 4) is 0 Å². The summed E-state index contributed by atoms with van der Waals surface area (Å²) in [4.78, 5) is 18.9. The van der Waals surface area contributed by atoms with Crippen molar-refractivity contribution in [3.63, 3.8) is 0 Å². The first-order chi connectivity index (χ1) is 11.5. The van der Waals surface area contributed by atoms with Gasteiger partial charge in [-0.05, 0) is 52.0 Å². The Labute approximate surface area is 141 Å². The zero-order chi connectivity index (χ0) is 17.1. The first-order valence-corrected chi connectivity index (χ1v) is 7.94. The Morgan fingerprint density at radius 1 is 0.417 bits per heavy atom. The van der Waals surface area contributed by atoms with Crippen LogP contribution in [0.2, 0.25) is 0 Å². The standard InChI is InChI=1S/C20H20N4/c1-13-14(2)22-19-11-7-8-12-20(19)24-16(4)15(3)23-18-10-6-5-9-17(18)21-13/h5-12H,1-4H3/b14-13-,16-15+,21-13?,21-17?,22-14?,22-19?,23-15?,23-18?,24-16?,24-20?. The second-order valence-corrected chi connectivity index (χ2v) is 5.77. The summed E-state index contributed by atoms with van der Waals surface area (Å²) in [5.41, 5.74) is 3.47. The van der Waals surface area contributed by atoms with Crippen LogP contribution in [-0.4, -0.2) is 0 Å². The lowest BCUT2D eigenvalue weighted by Gasteiger charge is -2.02. The number of fused-ring (bicyclic) bond motifs is 2. The van der Waals surface area contributed by atoms with Crippen LogP contribution in [0.1, 0.15) is 27.7 Å². The monoisotopic (exact) mass is 316 g/mol. The fraction of sp³-hybridized carbons (Fsp3) is 0.200. The van der Waals surface area contributed by atoms with E-state index >= 15 is 0 Å². The maximum absolute atomic E-state index is 4.73. The minimum absolute atomic E-state index is 0.838. The van der Waals surface area contributed by atoms with E-state index in [4.69, 9.17) is 20.0 Å². The van der Waals surface area contributed by atoms with E-state index in [9.17, 15) is 0 Å². The van der Waals surface area contributed by atoms with E-state index in [-0.39, 0.29) is 0 Å². The Morgan fingerprint density at radius 2 is 0.625 bits per heavy atom. The van der Waals surface area contributed by atoms with E-state index in [0.29, 0.717) is 0 Å². The lowest BCUT2D eigenvalue weighted by Crippen LogP contribution is -2.26. The van der Waals surface area contributed by atoms with Crippen LogP contribution in [0.3, 0.4) is 0 Å².